The van der Waals surface area contributed by atoms with E-state index in [1.165, 1.54) is 49.9 Å². The van der Waals surface area contributed by atoms with Crippen molar-refractivity contribution in [2.75, 3.05) is 19.0 Å². The van der Waals surface area contributed by atoms with Gasteiger partial charge in [-0.15, -0.1) is 24.9 Å². The lowest BCUT2D eigenvalue weighted by Gasteiger charge is -2.23. The number of halogens is 3. The Morgan fingerprint density at radius 1 is 1.06 bits per heavy atom. The van der Waals surface area contributed by atoms with Gasteiger partial charge in [0.25, 0.3) is 0 Å². The molecule has 0 bridgehead atoms. The third-order valence-electron chi connectivity index (χ3n) is 4.36. The molecule has 1 unspecified atom stereocenters. The second-order valence-electron chi connectivity index (χ2n) is 7.56. The molecule has 6 nitrogen and oxygen atoms in total. The third-order valence-corrected chi connectivity index (χ3v) is 5.48. The molecule has 0 aliphatic heterocycles. The number of carbonyl (C=O) groups is 1. The highest BCUT2D eigenvalue weighted by Crippen LogP contribution is 2.29. The number of rotatable bonds is 12. The smallest absolute Gasteiger partial charge is 0.491 e. The van der Waals surface area contributed by atoms with Crippen LogP contribution in [-0.4, -0.2) is 48.1 Å². The largest absolute Gasteiger partial charge is 0.573 e. The summed E-state index contributed by atoms with van der Waals surface area (Å²) in [4.78, 5) is 12.2. The zero-order valence-electron chi connectivity index (χ0n) is 18.8. The summed E-state index contributed by atoms with van der Waals surface area (Å²) in [6.07, 6.45) is -5.00. The Morgan fingerprint density at radius 2 is 1.70 bits per heavy atom. The molecular weight excluding hydrogens is 461 g/mol. The number of aryl methyl sites for hydroxylation is 1. The second kappa shape index (κ2) is 11.5. The summed E-state index contributed by atoms with van der Waals surface area (Å²) in [5, 5.41) is 9.23. The van der Waals surface area contributed by atoms with Gasteiger partial charge < -0.3 is 24.1 Å². The molecule has 0 aliphatic carbocycles. The van der Waals surface area contributed by atoms with Crippen LogP contribution < -0.4 is 14.2 Å². The van der Waals surface area contributed by atoms with E-state index in [9.17, 15) is 23.1 Å². The lowest BCUT2D eigenvalue weighted by molar-refractivity contribution is -0.274. The number of thioether (sulfide) groups is 1. The summed E-state index contributed by atoms with van der Waals surface area (Å²) < 4.78 is 57.6. The van der Waals surface area contributed by atoms with Gasteiger partial charge in [0, 0.05) is 17.3 Å². The first-order valence-corrected chi connectivity index (χ1v) is 11.1. The minimum absolute atomic E-state index is 0.216. The van der Waals surface area contributed by atoms with E-state index in [1.54, 1.807) is 6.07 Å². The van der Waals surface area contributed by atoms with Crippen molar-refractivity contribution in [1.82, 2.24) is 0 Å². The maximum absolute atomic E-state index is 12.3. The molecule has 0 spiro atoms. The molecule has 2 aromatic rings. The van der Waals surface area contributed by atoms with Crippen LogP contribution in [0.15, 0.2) is 47.4 Å². The maximum atomic E-state index is 12.3. The zero-order chi connectivity index (χ0) is 24.6. The lowest BCUT2D eigenvalue weighted by Crippen LogP contribution is -2.38. The van der Waals surface area contributed by atoms with Crippen LogP contribution in [0.4, 0.5) is 13.2 Å². The highest BCUT2D eigenvalue weighted by molar-refractivity contribution is 7.99. The first kappa shape index (κ1) is 26.7. The summed E-state index contributed by atoms with van der Waals surface area (Å²) in [7, 11) is 0. The summed E-state index contributed by atoms with van der Waals surface area (Å²) in [6.45, 7) is 7.37. The predicted molar refractivity (Wildman–Crippen MR) is 118 cm³/mol. The van der Waals surface area contributed by atoms with Crippen LogP contribution in [-0.2, 0) is 9.53 Å². The van der Waals surface area contributed by atoms with Crippen LogP contribution >= 0.6 is 11.8 Å². The molecule has 0 saturated heterocycles. The average Bonchev–Trinajstić information content (AvgIpc) is 2.71. The molecule has 2 rings (SSSR count). The van der Waals surface area contributed by atoms with Crippen LogP contribution in [0.25, 0.3) is 0 Å². The Hall–Kier alpha value is -2.59. The number of hydrogen-bond acceptors (Lipinski definition) is 6. The van der Waals surface area contributed by atoms with Crippen molar-refractivity contribution in [3.63, 3.8) is 0 Å². The summed E-state index contributed by atoms with van der Waals surface area (Å²) >= 11 is 1.54. The van der Waals surface area contributed by atoms with E-state index < -0.39 is 17.9 Å². The number of carboxylic acids is 1. The van der Waals surface area contributed by atoms with Gasteiger partial charge >= 0.3 is 12.3 Å². The summed E-state index contributed by atoms with van der Waals surface area (Å²) in [6, 6.07) is 10.7. The molecule has 2 aromatic carbocycles. The average molecular weight is 489 g/mol. The van der Waals surface area contributed by atoms with Crippen molar-refractivity contribution in [1.29, 1.82) is 0 Å². The molecular formula is C23H27F3O6S. The van der Waals surface area contributed by atoms with Crippen LogP contribution in [0.1, 0.15) is 26.3 Å². The number of ether oxygens (including phenoxy) is 4. The molecule has 0 heterocycles. The van der Waals surface area contributed by atoms with E-state index >= 15 is 0 Å². The lowest BCUT2D eigenvalue weighted by atomic mass is 10.1. The van der Waals surface area contributed by atoms with E-state index in [4.69, 9.17) is 14.2 Å². The van der Waals surface area contributed by atoms with Gasteiger partial charge in [0.15, 0.2) is 5.60 Å². The quantitative estimate of drug-likeness (QED) is 0.384. The predicted octanol–water partition coefficient (Wildman–Crippen LogP) is 5.71. The standard InChI is InChI=1S/C23H27F3O6S/c1-5-29-18(13-30-16-6-8-17(9-7-16)31-23(24,25)26)14-33-19-10-11-20(15(2)12-19)32-22(3,4)21(27)28/h6-12,18H,5,13-14H2,1-4H3,(H,27,28). The van der Waals surface area contributed by atoms with Gasteiger partial charge in [-0.05, 0) is 75.7 Å². The topological polar surface area (TPSA) is 74.2 Å². The molecule has 1 atom stereocenters. The van der Waals surface area contributed by atoms with Gasteiger partial charge in [-0.1, -0.05) is 0 Å². The normalized spacial score (nSPS) is 12.8. The molecule has 0 aromatic heterocycles. The number of aliphatic carboxylic acids is 1. The van der Waals surface area contributed by atoms with Gasteiger partial charge in [-0.3, -0.25) is 0 Å². The molecule has 182 valence electrons. The summed E-state index contributed by atoms with van der Waals surface area (Å²) in [5.41, 5.74) is -0.534. The number of hydrogen-bond donors (Lipinski definition) is 1. The minimum Gasteiger partial charge on any atom is -0.491 e. The Labute approximate surface area is 195 Å². The van der Waals surface area contributed by atoms with Crippen molar-refractivity contribution in [2.24, 2.45) is 0 Å². The molecule has 0 aliphatic rings. The van der Waals surface area contributed by atoms with Crippen LogP contribution in [0, 0.1) is 6.92 Å². The van der Waals surface area contributed by atoms with Crippen molar-refractivity contribution in [2.45, 2.75) is 50.7 Å². The van der Waals surface area contributed by atoms with Crippen LogP contribution in [0.5, 0.6) is 17.2 Å². The number of benzene rings is 2. The van der Waals surface area contributed by atoms with Crippen LogP contribution in [0.3, 0.4) is 0 Å². The van der Waals surface area contributed by atoms with Gasteiger partial charge in [0.1, 0.15) is 30.0 Å². The SMILES string of the molecule is CCOC(COc1ccc(OC(F)(F)F)cc1)CSc1ccc(OC(C)(C)C(=O)O)c(C)c1. The van der Waals surface area contributed by atoms with Gasteiger partial charge in [0.2, 0.25) is 0 Å². The number of carboxylic acid groups (broad SMARTS) is 1. The fourth-order valence-electron chi connectivity index (χ4n) is 2.64. The fraction of sp³-hybridized carbons (Fsp3) is 0.435. The van der Waals surface area contributed by atoms with E-state index in [0.29, 0.717) is 23.9 Å². The first-order valence-electron chi connectivity index (χ1n) is 10.2. The molecule has 33 heavy (non-hydrogen) atoms. The van der Waals surface area contributed by atoms with Gasteiger partial charge in [-0.25, -0.2) is 4.79 Å². The Kier molecular flexibility index (Phi) is 9.30. The Balaban J connectivity index is 1.92. The number of alkyl halides is 3. The van der Waals surface area contributed by atoms with Crippen molar-refractivity contribution < 1.29 is 42.0 Å². The van der Waals surface area contributed by atoms with Crippen molar-refractivity contribution in [3.05, 3.63) is 48.0 Å². The molecule has 1 N–H and O–H groups in total. The highest BCUT2D eigenvalue weighted by atomic mass is 32.2. The minimum atomic E-state index is -4.74. The Bertz CT molecular complexity index is 915. The zero-order valence-corrected chi connectivity index (χ0v) is 19.6. The van der Waals surface area contributed by atoms with Crippen molar-refractivity contribution in [3.8, 4) is 17.2 Å². The molecule has 0 radical (unpaired) electrons. The van der Waals surface area contributed by atoms with E-state index in [2.05, 4.69) is 4.74 Å². The molecule has 0 fully saturated rings. The first-order chi connectivity index (χ1) is 15.4. The maximum Gasteiger partial charge on any atom is 0.573 e. The molecule has 0 saturated carbocycles. The fourth-order valence-corrected chi connectivity index (χ4v) is 3.64. The third kappa shape index (κ3) is 9.05. The second-order valence-corrected chi connectivity index (χ2v) is 8.66. The van der Waals surface area contributed by atoms with Gasteiger partial charge in [-0.2, -0.15) is 0 Å². The molecule has 0 amide bonds. The summed E-state index contributed by atoms with van der Waals surface area (Å²) in [5.74, 6) is 0.0966. The molecule has 10 heteroatoms. The van der Waals surface area contributed by atoms with Crippen molar-refractivity contribution >= 4 is 17.7 Å². The van der Waals surface area contributed by atoms with Crippen LogP contribution in [0.2, 0.25) is 0 Å². The van der Waals surface area contributed by atoms with E-state index in [1.807, 2.05) is 26.0 Å². The van der Waals surface area contributed by atoms with Gasteiger partial charge in [0.05, 0.1) is 0 Å². The van der Waals surface area contributed by atoms with E-state index in [0.717, 1.165) is 10.5 Å². The van der Waals surface area contributed by atoms with E-state index in [-0.39, 0.29) is 18.5 Å². The monoisotopic (exact) mass is 488 g/mol. The highest BCUT2D eigenvalue weighted by Gasteiger charge is 2.31. The Morgan fingerprint density at radius 3 is 2.24 bits per heavy atom.